The molecule has 0 unspecified atom stereocenters. The lowest BCUT2D eigenvalue weighted by Crippen LogP contribution is -2.41. The molecule has 0 atom stereocenters. The van der Waals surface area contributed by atoms with Crippen LogP contribution in [0.25, 0.3) is 6.08 Å². The molecular formula is C22H21ClO6. The van der Waals surface area contributed by atoms with Gasteiger partial charge in [0, 0.05) is 18.9 Å². The van der Waals surface area contributed by atoms with Crippen LogP contribution < -0.4 is 9.47 Å². The number of benzene rings is 2. The topological polar surface area (TPSA) is 71.1 Å². The molecule has 0 aliphatic carbocycles. The molecule has 0 radical (unpaired) electrons. The molecule has 1 fully saturated rings. The minimum atomic E-state index is -1.28. The van der Waals surface area contributed by atoms with E-state index in [-0.39, 0.29) is 5.57 Å². The third-order valence-electron chi connectivity index (χ3n) is 4.00. The molecule has 2 aromatic rings. The van der Waals surface area contributed by atoms with Crippen LogP contribution in [-0.2, 0) is 25.7 Å². The lowest BCUT2D eigenvalue weighted by molar-refractivity contribution is -0.222. The number of carbonyl (C=O) groups excluding carboxylic acids is 2. The van der Waals surface area contributed by atoms with Crippen molar-refractivity contribution in [3.8, 4) is 11.5 Å². The minimum absolute atomic E-state index is 0.179. The monoisotopic (exact) mass is 416 g/mol. The summed E-state index contributed by atoms with van der Waals surface area (Å²) in [6.45, 7) is 5.62. The van der Waals surface area contributed by atoms with Crippen molar-refractivity contribution in [2.75, 3.05) is 6.61 Å². The van der Waals surface area contributed by atoms with Crippen molar-refractivity contribution in [1.29, 1.82) is 0 Å². The van der Waals surface area contributed by atoms with Crippen LogP contribution in [0, 0.1) is 0 Å². The van der Waals surface area contributed by atoms with Gasteiger partial charge in [-0.1, -0.05) is 29.8 Å². The first-order valence-corrected chi connectivity index (χ1v) is 9.47. The third kappa shape index (κ3) is 5.29. The molecule has 0 bridgehead atoms. The van der Waals surface area contributed by atoms with E-state index in [0.29, 0.717) is 35.3 Å². The van der Waals surface area contributed by atoms with Crippen LogP contribution in [-0.4, -0.2) is 24.3 Å². The van der Waals surface area contributed by atoms with Crippen LogP contribution in [0.5, 0.6) is 11.5 Å². The van der Waals surface area contributed by atoms with Gasteiger partial charge in [-0.15, -0.1) is 0 Å². The second kappa shape index (κ2) is 8.57. The molecule has 0 amide bonds. The van der Waals surface area contributed by atoms with Crippen molar-refractivity contribution in [3.05, 3.63) is 64.2 Å². The van der Waals surface area contributed by atoms with Gasteiger partial charge < -0.3 is 18.9 Å². The number of esters is 2. The van der Waals surface area contributed by atoms with Crippen LogP contribution in [0.2, 0.25) is 5.02 Å². The molecule has 1 heterocycles. The Balaban J connectivity index is 1.81. The smallest absolute Gasteiger partial charge is 0.348 e. The van der Waals surface area contributed by atoms with E-state index in [2.05, 4.69) is 0 Å². The van der Waals surface area contributed by atoms with E-state index in [0.717, 1.165) is 5.56 Å². The highest BCUT2D eigenvalue weighted by Crippen LogP contribution is 2.31. The van der Waals surface area contributed by atoms with E-state index >= 15 is 0 Å². The number of hydrogen-bond acceptors (Lipinski definition) is 6. The van der Waals surface area contributed by atoms with Gasteiger partial charge in [-0.2, -0.15) is 0 Å². The van der Waals surface area contributed by atoms with E-state index in [1.165, 1.54) is 19.9 Å². The van der Waals surface area contributed by atoms with E-state index < -0.39 is 17.7 Å². The molecule has 1 aliphatic heterocycles. The summed E-state index contributed by atoms with van der Waals surface area (Å²) in [5.74, 6) is -1.70. The Hall–Kier alpha value is -2.99. The Morgan fingerprint density at radius 3 is 2.24 bits per heavy atom. The summed E-state index contributed by atoms with van der Waals surface area (Å²) in [6, 6.07) is 12.5. The van der Waals surface area contributed by atoms with Crippen LogP contribution in [0.3, 0.4) is 0 Å². The SMILES string of the molecule is CCOc1cc(C=C2C(=O)OC(C)(C)OC2=O)ccc1OCc1ccc(Cl)cc1. The zero-order valence-electron chi connectivity index (χ0n) is 16.4. The summed E-state index contributed by atoms with van der Waals surface area (Å²) >= 11 is 5.90. The van der Waals surface area contributed by atoms with Gasteiger partial charge in [-0.25, -0.2) is 9.59 Å². The Kier molecular flexibility index (Phi) is 6.13. The summed E-state index contributed by atoms with van der Waals surface area (Å²) in [4.78, 5) is 24.3. The zero-order valence-corrected chi connectivity index (χ0v) is 17.1. The van der Waals surface area contributed by atoms with Gasteiger partial charge in [0.25, 0.3) is 5.79 Å². The van der Waals surface area contributed by atoms with Crippen molar-refractivity contribution in [3.63, 3.8) is 0 Å². The first kappa shape index (κ1) is 20.7. The summed E-state index contributed by atoms with van der Waals surface area (Å²) in [7, 11) is 0. The Morgan fingerprint density at radius 2 is 1.62 bits per heavy atom. The minimum Gasteiger partial charge on any atom is -0.490 e. The van der Waals surface area contributed by atoms with Crippen molar-refractivity contribution in [1.82, 2.24) is 0 Å². The van der Waals surface area contributed by atoms with E-state index in [1.807, 2.05) is 19.1 Å². The largest absolute Gasteiger partial charge is 0.490 e. The van der Waals surface area contributed by atoms with Crippen molar-refractivity contribution in [2.45, 2.75) is 33.2 Å². The number of hydrogen-bond donors (Lipinski definition) is 0. The van der Waals surface area contributed by atoms with Crippen molar-refractivity contribution in [2.24, 2.45) is 0 Å². The summed E-state index contributed by atoms with van der Waals surface area (Å²) in [5.41, 5.74) is 1.36. The van der Waals surface area contributed by atoms with Crippen LogP contribution in [0.1, 0.15) is 31.9 Å². The number of rotatable bonds is 6. The molecule has 1 saturated heterocycles. The maximum atomic E-state index is 12.1. The average Bonchev–Trinajstić information content (AvgIpc) is 2.65. The van der Waals surface area contributed by atoms with Gasteiger partial charge in [0.1, 0.15) is 12.2 Å². The lowest BCUT2D eigenvalue weighted by Gasteiger charge is -2.29. The van der Waals surface area contributed by atoms with E-state index in [1.54, 1.807) is 30.3 Å². The Bertz CT molecular complexity index is 924. The lowest BCUT2D eigenvalue weighted by atomic mass is 10.1. The molecule has 0 N–H and O–H groups in total. The molecule has 3 rings (SSSR count). The van der Waals surface area contributed by atoms with Gasteiger partial charge in [0.2, 0.25) is 0 Å². The predicted octanol–water partition coefficient (Wildman–Crippen LogP) is 4.54. The quantitative estimate of drug-likeness (QED) is 0.391. The van der Waals surface area contributed by atoms with E-state index in [9.17, 15) is 9.59 Å². The van der Waals surface area contributed by atoms with Crippen molar-refractivity contribution < 1.29 is 28.5 Å². The maximum Gasteiger partial charge on any atom is 0.348 e. The maximum absolute atomic E-state index is 12.1. The summed E-state index contributed by atoms with van der Waals surface area (Å²) in [5, 5.41) is 0.657. The fourth-order valence-electron chi connectivity index (χ4n) is 2.69. The normalized spacial score (nSPS) is 15.4. The van der Waals surface area contributed by atoms with Crippen LogP contribution >= 0.6 is 11.6 Å². The molecule has 1 aliphatic rings. The zero-order chi connectivity index (χ0) is 21.0. The number of ether oxygens (including phenoxy) is 4. The average molecular weight is 417 g/mol. The molecule has 7 heteroatoms. The number of cyclic esters (lactones) is 2. The van der Waals surface area contributed by atoms with Crippen molar-refractivity contribution >= 4 is 29.6 Å². The predicted molar refractivity (Wildman–Crippen MR) is 108 cm³/mol. The van der Waals surface area contributed by atoms with E-state index in [4.69, 9.17) is 30.5 Å². The summed E-state index contributed by atoms with van der Waals surface area (Å²) < 4.78 is 21.7. The fraction of sp³-hybridized carbons (Fsp3) is 0.273. The Labute approximate surface area is 174 Å². The highest BCUT2D eigenvalue weighted by atomic mass is 35.5. The molecule has 0 spiro atoms. The highest BCUT2D eigenvalue weighted by molar-refractivity contribution is 6.30. The van der Waals surface area contributed by atoms with Gasteiger partial charge in [0.15, 0.2) is 11.5 Å². The summed E-state index contributed by atoms with van der Waals surface area (Å²) in [6.07, 6.45) is 1.41. The Morgan fingerprint density at radius 1 is 0.966 bits per heavy atom. The van der Waals surface area contributed by atoms with Gasteiger partial charge in [-0.05, 0) is 48.4 Å². The molecular weight excluding hydrogens is 396 g/mol. The molecule has 0 aromatic heterocycles. The fourth-order valence-corrected chi connectivity index (χ4v) is 2.81. The molecule has 152 valence electrons. The second-order valence-corrected chi connectivity index (χ2v) is 7.23. The third-order valence-corrected chi connectivity index (χ3v) is 4.25. The number of carbonyl (C=O) groups is 2. The second-order valence-electron chi connectivity index (χ2n) is 6.79. The standard InChI is InChI=1S/C22H21ClO6/c1-4-26-19-12-15(11-17-20(24)28-22(2,3)29-21(17)25)7-10-18(19)27-13-14-5-8-16(23)9-6-14/h5-12H,4,13H2,1-3H3. The van der Waals surface area contributed by atoms with Gasteiger partial charge in [0.05, 0.1) is 6.61 Å². The van der Waals surface area contributed by atoms with Gasteiger partial charge in [-0.3, -0.25) is 0 Å². The first-order valence-electron chi connectivity index (χ1n) is 9.10. The molecule has 2 aromatic carbocycles. The van der Waals surface area contributed by atoms with Crippen LogP contribution in [0.15, 0.2) is 48.0 Å². The number of halogens is 1. The van der Waals surface area contributed by atoms with Gasteiger partial charge >= 0.3 is 11.9 Å². The molecule has 0 saturated carbocycles. The van der Waals surface area contributed by atoms with Crippen LogP contribution in [0.4, 0.5) is 0 Å². The first-order chi connectivity index (χ1) is 13.8. The molecule has 29 heavy (non-hydrogen) atoms. The highest BCUT2D eigenvalue weighted by Gasteiger charge is 2.38. The molecule has 6 nitrogen and oxygen atoms in total.